The monoisotopic (exact) mass is 324 g/mol. The van der Waals surface area contributed by atoms with Crippen molar-refractivity contribution in [1.29, 1.82) is 0 Å². The Hall–Kier alpha value is -2.89. The standard InChI is InChI=1S/C18H20N4O2/c1-4-10-20-12-19-16-15(20)17(23)21(11-5-2)18(24)22(16)14-8-6-13(3)7-9-14/h5-9,12H,2,4,10-11H2,1,3H3. The highest BCUT2D eigenvalue weighted by atomic mass is 16.2. The molecule has 0 unspecified atom stereocenters. The van der Waals surface area contributed by atoms with E-state index >= 15 is 0 Å². The van der Waals surface area contributed by atoms with E-state index in [2.05, 4.69) is 11.6 Å². The predicted molar refractivity (Wildman–Crippen MR) is 94.8 cm³/mol. The second-order valence-corrected chi connectivity index (χ2v) is 5.77. The molecule has 0 aliphatic carbocycles. The van der Waals surface area contributed by atoms with Gasteiger partial charge in [0.15, 0.2) is 11.2 Å². The number of rotatable bonds is 5. The SMILES string of the molecule is C=CCn1c(=O)c2c(ncn2CCC)n(-c2ccc(C)cc2)c1=O. The molecule has 1 aromatic carbocycles. The van der Waals surface area contributed by atoms with Crippen molar-refractivity contribution in [2.24, 2.45) is 0 Å². The Morgan fingerprint density at radius 3 is 2.54 bits per heavy atom. The Balaban J connectivity index is 2.43. The molecule has 2 aromatic heterocycles. The lowest BCUT2D eigenvalue weighted by Crippen LogP contribution is -2.39. The van der Waals surface area contributed by atoms with Gasteiger partial charge in [-0.3, -0.25) is 9.36 Å². The minimum absolute atomic E-state index is 0.163. The Morgan fingerprint density at radius 1 is 1.21 bits per heavy atom. The summed E-state index contributed by atoms with van der Waals surface area (Å²) < 4.78 is 4.50. The number of allylic oxidation sites excluding steroid dienone is 1. The lowest BCUT2D eigenvalue weighted by Gasteiger charge is -2.11. The molecule has 0 fully saturated rings. The largest absolute Gasteiger partial charge is 0.337 e. The van der Waals surface area contributed by atoms with Crippen LogP contribution in [-0.4, -0.2) is 18.7 Å². The molecule has 0 radical (unpaired) electrons. The van der Waals surface area contributed by atoms with Gasteiger partial charge in [-0.25, -0.2) is 14.3 Å². The summed E-state index contributed by atoms with van der Waals surface area (Å²) in [4.78, 5) is 30.0. The van der Waals surface area contributed by atoms with Crippen molar-refractivity contribution in [3.63, 3.8) is 0 Å². The third-order valence-electron chi connectivity index (χ3n) is 3.97. The summed E-state index contributed by atoms with van der Waals surface area (Å²) in [5, 5.41) is 0. The van der Waals surface area contributed by atoms with Crippen molar-refractivity contribution in [1.82, 2.24) is 18.7 Å². The molecule has 24 heavy (non-hydrogen) atoms. The predicted octanol–water partition coefficient (Wildman–Crippen LogP) is 2.25. The lowest BCUT2D eigenvalue weighted by atomic mass is 10.2. The molecule has 0 aliphatic rings. The van der Waals surface area contributed by atoms with Gasteiger partial charge in [0.05, 0.1) is 12.0 Å². The number of hydrogen-bond donors (Lipinski definition) is 0. The fourth-order valence-corrected chi connectivity index (χ4v) is 2.81. The van der Waals surface area contributed by atoms with Gasteiger partial charge in [0.1, 0.15) is 0 Å². The summed E-state index contributed by atoms with van der Waals surface area (Å²) >= 11 is 0. The quantitative estimate of drug-likeness (QED) is 0.676. The molecule has 0 saturated heterocycles. The molecule has 124 valence electrons. The van der Waals surface area contributed by atoms with E-state index in [0.29, 0.717) is 23.4 Å². The molecular formula is C18H20N4O2. The zero-order chi connectivity index (χ0) is 17.3. The number of imidazole rings is 1. The summed E-state index contributed by atoms with van der Waals surface area (Å²) in [7, 11) is 0. The van der Waals surface area contributed by atoms with Gasteiger partial charge in [-0.15, -0.1) is 6.58 Å². The van der Waals surface area contributed by atoms with Gasteiger partial charge in [-0.05, 0) is 25.5 Å². The third-order valence-corrected chi connectivity index (χ3v) is 3.97. The topological polar surface area (TPSA) is 61.8 Å². The molecule has 3 rings (SSSR count). The van der Waals surface area contributed by atoms with Gasteiger partial charge < -0.3 is 4.57 Å². The maximum atomic E-state index is 12.9. The number of benzene rings is 1. The van der Waals surface area contributed by atoms with E-state index < -0.39 is 5.69 Å². The third kappa shape index (κ3) is 2.50. The smallest absolute Gasteiger partial charge is 0.325 e. The van der Waals surface area contributed by atoms with Gasteiger partial charge >= 0.3 is 5.69 Å². The van der Waals surface area contributed by atoms with Crippen molar-refractivity contribution in [2.75, 3.05) is 0 Å². The molecule has 2 heterocycles. The molecule has 0 amide bonds. The molecule has 6 heteroatoms. The maximum Gasteiger partial charge on any atom is 0.337 e. The maximum absolute atomic E-state index is 12.9. The van der Waals surface area contributed by atoms with Crippen LogP contribution in [0.1, 0.15) is 18.9 Å². The Kier molecular flexibility index (Phi) is 4.20. The highest BCUT2D eigenvalue weighted by molar-refractivity contribution is 5.72. The second kappa shape index (κ2) is 6.31. The van der Waals surface area contributed by atoms with Crippen LogP contribution in [0.25, 0.3) is 16.9 Å². The molecule has 0 aliphatic heterocycles. The molecule has 0 bridgehead atoms. The van der Waals surface area contributed by atoms with Crippen LogP contribution in [0.15, 0.2) is 52.8 Å². The molecule has 0 spiro atoms. The van der Waals surface area contributed by atoms with E-state index in [1.54, 1.807) is 17.0 Å². The number of aromatic nitrogens is 4. The van der Waals surface area contributed by atoms with Gasteiger partial charge in [0.25, 0.3) is 5.56 Å². The van der Waals surface area contributed by atoms with Gasteiger partial charge in [-0.2, -0.15) is 0 Å². The van der Waals surface area contributed by atoms with Crippen LogP contribution >= 0.6 is 0 Å². The van der Waals surface area contributed by atoms with Crippen LogP contribution in [0.3, 0.4) is 0 Å². The minimum Gasteiger partial charge on any atom is -0.325 e. The van der Waals surface area contributed by atoms with Crippen molar-refractivity contribution < 1.29 is 0 Å². The Morgan fingerprint density at radius 2 is 1.92 bits per heavy atom. The normalized spacial score (nSPS) is 11.1. The van der Waals surface area contributed by atoms with Crippen LogP contribution in [0.4, 0.5) is 0 Å². The molecule has 3 aromatic rings. The van der Waals surface area contributed by atoms with Crippen LogP contribution in [0.5, 0.6) is 0 Å². The number of aryl methyl sites for hydroxylation is 2. The summed E-state index contributed by atoms with van der Waals surface area (Å²) in [6.07, 6.45) is 4.04. The van der Waals surface area contributed by atoms with Crippen molar-refractivity contribution in [2.45, 2.75) is 33.4 Å². The van der Waals surface area contributed by atoms with Crippen molar-refractivity contribution in [3.05, 3.63) is 69.6 Å². The van der Waals surface area contributed by atoms with Crippen LogP contribution in [0.2, 0.25) is 0 Å². The Labute approximate surface area is 139 Å². The van der Waals surface area contributed by atoms with Crippen molar-refractivity contribution in [3.8, 4) is 5.69 Å². The zero-order valence-corrected chi connectivity index (χ0v) is 13.9. The van der Waals surface area contributed by atoms with E-state index in [1.807, 2.05) is 38.1 Å². The van der Waals surface area contributed by atoms with Crippen LogP contribution in [-0.2, 0) is 13.1 Å². The molecule has 6 nitrogen and oxygen atoms in total. The van der Waals surface area contributed by atoms with Crippen LogP contribution < -0.4 is 11.2 Å². The number of fused-ring (bicyclic) bond motifs is 1. The van der Waals surface area contributed by atoms with Gasteiger partial charge in [0, 0.05) is 13.1 Å². The highest BCUT2D eigenvalue weighted by Crippen LogP contribution is 2.14. The van der Waals surface area contributed by atoms with E-state index in [4.69, 9.17) is 0 Å². The number of nitrogens with zero attached hydrogens (tertiary/aromatic N) is 4. The average molecular weight is 324 g/mol. The lowest BCUT2D eigenvalue weighted by molar-refractivity contribution is 0.669. The van der Waals surface area contributed by atoms with Gasteiger partial charge in [-0.1, -0.05) is 30.7 Å². The first-order valence-corrected chi connectivity index (χ1v) is 7.97. The second-order valence-electron chi connectivity index (χ2n) is 5.77. The first-order chi connectivity index (χ1) is 11.6. The summed E-state index contributed by atoms with van der Waals surface area (Å²) in [5.41, 5.74) is 1.89. The number of hydrogen-bond acceptors (Lipinski definition) is 3. The summed E-state index contributed by atoms with van der Waals surface area (Å²) in [6.45, 7) is 8.50. The summed E-state index contributed by atoms with van der Waals surface area (Å²) in [5.74, 6) is 0. The van der Waals surface area contributed by atoms with Gasteiger partial charge in [0.2, 0.25) is 0 Å². The molecule has 0 N–H and O–H groups in total. The average Bonchev–Trinajstić information content (AvgIpc) is 2.97. The molecule has 0 atom stereocenters. The molecule has 0 saturated carbocycles. The fraction of sp³-hybridized carbons (Fsp3) is 0.278. The Bertz CT molecular complexity index is 1010. The highest BCUT2D eigenvalue weighted by Gasteiger charge is 2.18. The van der Waals surface area contributed by atoms with Crippen LogP contribution in [0, 0.1) is 6.92 Å². The van der Waals surface area contributed by atoms with E-state index in [9.17, 15) is 9.59 Å². The first-order valence-electron chi connectivity index (χ1n) is 7.97. The minimum atomic E-state index is -0.405. The fourth-order valence-electron chi connectivity index (χ4n) is 2.81. The summed E-state index contributed by atoms with van der Waals surface area (Å²) in [6, 6.07) is 7.58. The van der Waals surface area contributed by atoms with E-state index in [-0.39, 0.29) is 12.1 Å². The van der Waals surface area contributed by atoms with Crippen molar-refractivity contribution >= 4 is 11.2 Å². The molecular weight excluding hydrogens is 304 g/mol. The van der Waals surface area contributed by atoms with E-state index in [0.717, 1.165) is 12.0 Å². The zero-order valence-electron chi connectivity index (χ0n) is 13.9. The first kappa shape index (κ1) is 16.0. The van der Waals surface area contributed by atoms with E-state index in [1.165, 1.54) is 9.13 Å².